The SMILES string of the molecule is CCCCOC(=O)[C@H](C)NP(=O)(OC[C@H]1O[C@@H](n2ccc(=O)[nH]c2=O)[C@](C)(N=[N+]=[N-])[C@@H]1O)Oc1ccc(F)cc1. The van der Waals surface area contributed by atoms with Gasteiger partial charge in [-0.25, -0.2) is 13.8 Å². The molecular weight excluding hydrogens is 554 g/mol. The molecule has 1 saturated heterocycles. The molecule has 1 unspecified atom stereocenters. The number of unbranched alkanes of at least 4 members (excludes halogenated alkanes) is 1. The smallest absolute Gasteiger partial charge is 0.459 e. The van der Waals surface area contributed by atoms with Gasteiger partial charge in [-0.05, 0) is 50.1 Å². The highest BCUT2D eigenvalue weighted by molar-refractivity contribution is 7.52. The molecule has 0 spiro atoms. The maximum absolute atomic E-state index is 13.7. The molecule has 1 aromatic carbocycles. The topological polar surface area (TPSA) is 207 Å². The number of ether oxygens (including phenoxy) is 2. The predicted molar refractivity (Wildman–Crippen MR) is 138 cm³/mol. The van der Waals surface area contributed by atoms with Crippen molar-refractivity contribution in [2.24, 2.45) is 5.11 Å². The van der Waals surface area contributed by atoms with E-state index in [0.29, 0.717) is 6.42 Å². The third-order valence-corrected chi connectivity index (χ3v) is 7.66. The number of azide groups is 1. The van der Waals surface area contributed by atoms with E-state index in [0.717, 1.165) is 35.4 Å². The second-order valence-electron chi connectivity index (χ2n) is 9.11. The van der Waals surface area contributed by atoms with Crippen LogP contribution in [0.2, 0.25) is 0 Å². The Morgan fingerprint density at radius 2 is 2.08 bits per heavy atom. The van der Waals surface area contributed by atoms with E-state index in [1.54, 1.807) is 0 Å². The van der Waals surface area contributed by atoms with Crippen LogP contribution >= 0.6 is 7.75 Å². The predicted octanol–water partition coefficient (Wildman–Crippen LogP) is 2.53. The molecule has 6 atom stereocenters. The van der Waals surface area contributed by atoms with Gasteiger partial charge >= 0.3 is 19.4 Å². The van der Waals surface area contributed by atoms with E-state index in [9.17, 15) is 28.4 Å². The van der Waals surface area contributed by atoms with Gasteiger partial charge in [0.1, 0.15) is 29.3 Å². The van der Waals surface area contributed by atoms with Crippen LogP contribution in [-0.4, -0.2) is 57.6 Å². The molecule has 1 fully saturated rings. The van der Waals surface area contributed by atoms with Crippen LogP contribution in [0.4, 0.5) is 4.39 Å². The number of hydrogen-bond donors (Lipinski definition) is 3. The summed E-state index contributed by atoms with van der Waals surface area (Å²) in [6, 6.07) is 4.37. The number of carbonyl (C=O) groups is 1. The van der Waals surface area contributed by atoms with E-state index in [4.69, 9.17) is 24.1 Å². The zero-order valence-electron chi connectivity index (χ0n) is 21.9. The van der Waals surface area contributed by atoms with Crippen molar-refractivity contribution >= 4 is 13.7 Å². The first-order valence-corrected chi connectivity index (χ1v) is 13.8. The lowest BCUT2D eigenvalue weighted by Crippen LogP contribution is -2.45. The summed E-state index contributed by atoms with van der Waals surface area (Å²) in [5, 5.41) is 17.1. The van der Waals surface area contributed by atoms with Crippen LogP contribution in [-0.2, 0) is 23.4 Å². The Morgan fingerprint density at radius 1 is 1.38 bits per heavy atom. The van der Waals surface area contributed by atoms with Crippen LogP contribution in [0.15, 0.2) is 51.2 Å². The summed E-state index contributed by atoms with van der Waals surface area (Å²) in [4.78, 5) is 41.1. The first-order chi connectivity index (χ1) is 18.9. The van der Waals surface area contributed by atoms with Crippen molar-refractivity contribution in [1.29, 1.82) is 0 Å². The zero-order valence-corrected chi connectivity index (χ0v) is 22.8. The largest absolute Gasteiger partial charge is 0.465 e. The first-order valence-electron chi connectivity index (χ1n) is 12.3. The van der Waals surface area contributed by atoms with Crippen molar-refractivity contribution in [1.82, 2.24) is 14.6 Å². The number of aliphatic hydroxyl groups excluding tert-OH is 1. The van der Waals surface area contributed by atoms with Crippen molar-refractivity contribution in [3.05, 3.63) is 73.6 Å². The number of aliphatic hydroxyl groups is 1. The Bertz CT molecular complexity index is 1400. The molecule has 1 aliphatic rings. The minimum atomic E-state index is -4.43. The second-order valence-corrected chi connectivity index (χ2v) is 10.8. The highest BCUT2D eigenvalue weighted by atomic mass is 31.2. The average Bonchev–Trinajstić information content (AvgIpc) is 3.14. The number of H-pyrrole nitrogens is 1. The summed E-state index contributed by atoms with van der Waals surface area (Å²) >= 11 is 0. The zero-order chi connectivity index (χ0) is 29.5. The lowest BCUT2D eigenvalue weighted by atomic mass is 9.93. The summed E-state index contributed by atoms with van der Waals surface area (Å²) < 4.78 is 50.0. The molecule has 0 aliphatic carbocycles. The number of rotatable bonds is 13. The van der Waals surface area contributed by atoms with Crippen LogP contribution in [0.5, 0.6) is 5.75 Å². The molecule has 1 aliphatic heterocycles. The molecule has 2 aromatic rings. The summed E-state index contributed by atoms with van der Waals surface area (Å²) in [7, 11) is -4.43. The van der Waals surface area contributed by atoms with Gasteiger partial charge in [0.2, 0.25) is 0 Å². The van der Waals surface area contributed by atoms with Gasteiger partial charge in [-0.15, -0.1) is 0 Å². The van der Waals surface area contributed by atoms with Crippen molar-refractivity contribution < 1.29 is 37.4 Å². The molecule has 0 saturated carbocycles. The van der Waals surface area contributed by atoms with Crippen molar-refractivity contribution in [3.8, 4) is 5.75 Å². The Morgan fingerprint density at radius 3 is 2.70 bits per heavy atom. The minimum Gasteiger partial charge on any atom is -0.465 e. The van der Waals surface area contributed by atoms with Gasteiger partial charge in [0.05, 0.1) is 19.3 Å². The Balaban J connectivity index is 1.85. The van der Waals surface area contributed by atoms with E-state index in [2.05, 4.69) is 15.1 Å². The fourth-order valence-corrected chi connectivity index (χ4v) is 5.32. The molecule has 0 bridgehead atoms. The maximum atomic E-state index is 13.7. The number of esters is 1. The van der Waals surface area contributed by atoms with Gasteiger partial charge in [0.15, 0.2) is 6.23 Å². The highest BCUT2D eigenvalue weighted by Crippen LogP contribution is 2.47. The fourth-order valence-electron chi connectivity index (χ4n) is 3.82. The van der Waals surface area contributed by atoms with Crippen molar-refractivity contribution in [2.45, 2.75) is 63.6 Å². The van der Waals surface area contributed by atoms with Crippen LogP contribution < -0.4 is 20.9 Å². The molecule has 0 radical (unpaired) electrons. The Labute approximate surface area is 227 Å². The standard InChI is InChI=1S/C23H30FN6O9P/c1-4-5-12-36-20(33)14(2)27-40(35,39-16-8-6-15(24)7-9-16)37-13-17-19(32)23(3,28-29-25)21(38-17)30-11-10-18(31)26-22(30)34/h6-11,14,17,19,21,32H,4-5,12-13H2,1-3H3,(H,27,35)(H,26,31,34)/t14-,17+,19+,21+,23+,40?/m0/s1. The molecule has 1 aromatic heterocycles. The lowest BCUT2D eigenvalue weighted by Gasteiger charge is -2.28. The lowest BCUT2D eigenvalue weighted by molar-refractivity contribution is -0.145. The van der Waals surface area contributed by atoms with Gasteiger partial charge in [0, 0.05) is 17.2 Å². The molecule has 2 heterocycles. The number of benzene rings is 1. The number of hydrogen-bond acceptors (Lipinski definition) is 10. The summed E-state index contributed by atoms with van der Waals surface area (Å²) in [6.45, 7) is 4.11. The molecule has 0 amide bonds. The molecule has 3 N–H and O–H groups in total. The van der Waals surface area contributed by atoms with E-state index in [1.165, 1.54) is 26.0 Å². The van der Waals surface area contributed by atoms with Crippen LogP contribution in [0.3, 0.4) is 0 Å². The van der Waals surface area contributed by atoms with Gasteiger partial charge in [-0.1, -0.05) is 18.5 Å². The third-order valence-electron chi connectivity index (χ3n) is 6.01. The number of aromatic nitrogens is 2. The monoisotopic (exact) mass is 584 g/mol. The van der Waals surface area contributed by atoms with Crippen LogP contribution in [0.1, 0.15) is 39.8 Å². The first kappa shape index (κ1) is 31.0. The molecule has 17 heteroatoms. The number of nitrogens with one attached hydrogen (secondary N) is 2. The number of halogens is 1. The maximum Gasteiger partial charge on any atom is 0.459 e. The number of aromatic amines is 1. The van der Waals surface area contributed by atoms with Gasteiger partial charge in [0.25, 0.3) is 5.56 Å². The molecule has 15 nitrogen and oxygen atoms in total. The number of carbonyl (C=O) groups excluding carboxylic acids is 1. The average molecular weight is 584 g/mol. The molecule has 218 valence electrons. The molecular formula is C23H30FN6O9P. The van der Waals surface area contributed by atoms with Gasteiger partial charge in [-0.3, -0.25) is 23.7 Å². The fraction of sp³-hybridized carbons (Fsp3) is 0.522. The van der Waals surface area contributed by atoms with Gasteiger partial charge in [-0.2, -0.15) is 5.09 Å². The third kappa shape index (κ3) is 7.36. The molecule has 3 rings (SSSR count). The quantitative estimate of drug-likeness (QED) is 0.0783. The highest BCUT2D eigenvalue weighted by Gasteiger charge is 2.55. The van der Waals surface area contributed by atoms with E-state index >= 15 is 0 Å². The van der Waals surface area contributed by atoms with E-state index in [1.807, 2.05) is 11.9 Å². The van der Waals surface area contributed by atoms with E-state index < -0.39 is 67.4 Å². The Kier molecular flexibility index (Phi) is 10.3. The minimum absolute atomic E-state index is 0.0618. The summed E-state index contributed by atoms with van der Waals surface area (Å²) in [6.07, 6.45) is -1.81. The molecule has 40 heavy (non-hydrogen) atoms. The van der Waals surface area contributed by atoms with Crippen LogP contribution in [0, 0.1) is 5.82 Å². The van der Waals surface area contributed by atoms with Crippen molar-refractivity contribution in [2.75, 3.05) is 13.2 Å². The summed E-state index contributed by atoms with van der Waals surface area (Å²) in [5.41, 5.74) is 5.77. The van der Waals surface area contributed by atoms with Crippen LogP contribution in [0.25, 0.3) is 10.4 Å². The van der Waals surface area contributed by atoms with E-state index in [-0.39, 0.29) is 12.4 Å². The van der Waals surface area contributed by atoms with Gasteiger partial charge < -0.3 is 19.1 Å². The van der Waals surface area contributed by atoms with Crippen molar-refractivity contribution in [3.63, 3.8) is 0 Å². The second kappa shape index (κ2) is 13.2. The number of nitrogens with zero attached hydrogens (tertiary/aromatic N) is 4. The Hall–Kier alpha value is -3.52. The summed E-state index contributed by atoms with van der Waals surface area (Å²) in [5.74, 6) is -1.37. The normalized spacial score (nSPS) is 24.5.